The summed E-state index contributed by atoms with van der Waals surface area (Å²) in [4.78, 5) is 12.9. The molecule has 4 rings (SSSR count). The zero-order valence-electron chi connectivity index (χ0n) is 14.5. The topological polar surface area (TPSA) is 47.8 Å². The molecule has 0 spiro atoms. The highest BCUT2D eigenvalue weighted by atomic mass is 16.1. The molecule has 26 heavy (non-hydrogen) atoms. The van der Waals surface area contributed by atoms with Crippen molar-refractivity contribution in [3.8, 4) is 0 Å². The molecular formula is C22H19N3O. The van der Waals surface area contributed by atoms with E-state index in [1.54, 1.807) is 0 Å². The number of hydrogen-bond acceptors (Lipinski definition) is 3. The van der Waals surface area contributed by atoms with Gasteiger partial charge in [-0.05, 0) is 24.6 Å². The molecule has 0 N–H and O–H groups in total. The molecule has 0 amide bonds. The molecule has 128 valence electrons. The van der Waals surface area contributed by atoms with Gasteiger partial charge in [0.05, 0.1) is 11.6 Å². The molecule has 3 aromatic carbocycles. The molecule has 1 unspecified atom stereocenters. The number of carbonyl (C=O) groups is 1. The highest BCUT2D eigenvalue weighted by molar-refractivity contribution is 5.96. The van der Waals surface area contributed by atoms with Gasteiger partial charge in [-0.2, -0.15) is 0 Å². The van der Waals surface area contributed by atoms with Gasteiger partial charge in [0, 0.05) is 12.0 Å². The van der Waals surface area contributed by atoms with Crippen LogP contribution in [-0.2, 0) is 0 Å². The van der Waals surface area contributed by atoms with E-state index in [2.05, 4.69) is 29.4 Å². The van der Waals surface area contributed by atoms with Crippen LogP contribution in [0.5, 0.6) is 0 Å². The number of benzene rings is 3. The van der Waals surface area contributed by atoms with Gasteiger partial charge in [-0.3, -0.25) is 4.79 Å². The lowest BCUT2D eigenvalue weighted by Gasteiger charge is -2.18. The van der Waals surface area contributed by atoms with Crippen LogP contribution in [0.4, 0.5) is 0 Å². The van der Waals surface area contributed by atoms with Gasteiger partial charge in [-0.25, -0.2) is 4.68 Å². The molecule has 1 aromatic heterocycles. The second kappa shape index (κ2) is 6.92. The fraction of sp³-hybridized carbons (Fsp3) is 0.136. The lowest BCUT2D eigenvalue weighted by molar-refractivity contribution is 0.0968. The Morgan fingerprint density at radius 2 is 1.73 bits per heavy atom. The molecule has 0 fully saturated rings. The van der Waals surface area contributed by atoms with Gasteiger partial charge in [-0.15, -0.1) is 5.10 Å². The molecule has 1 heterocycles. The lowest BCUT2D eigenvalue weighted by Crippen LogP contribution is -2.17. The molecule has 0 saturated carbocycles. The first-order valence-corrected chi connectivity index (χ1v) is 8.67. The minimum Gasteiger partial charge on any atom is -0.294 e. The maximum absolute atomic E-state index is 12.9. The summed E-state index contributed by atoms with van der Waals surface area (Å²) < 4.78 is 1.87. The summed E-state index contributed by atoms with van der Waals surface area (Å²) in [5.74, 6) is 0.0942. The van der Waals surface area contributed by atoms with Crippen molar-refractivity contribution in [3.63, 3.8) is 0 Å². The summed E-state index contributed by atoms with van der Waals surface area (Å²) in [6.45, 7) is 2.05. The number of hydrogen-bond donors (Lipinski definition) is 0. The molecule has 0 aliphatic rings. The normalized spacial score (nSPS) is 12.2. The summed E-state index contributed by atoms with van der Waals surface area (Å²) in [5.41, 5.74) is 4.70. The quantitative estimate of drug-likeness (QED) is 0.498. The Morgan fingerprint density at radius 1 is 0.962 bits per heavy atom. The molecule has 0 bridgehead atoms. The lowest BCUT2D eigenvalue weighted by atomic mass is 9.96. The van der Waals surface area contributed by atoms with Crippen LogP contribution in [0.1, 0.15) is 33.9 Å². The third-order valence-corrected chi connectivity index (χ3v) is 4.57. The number of fused-ring (bicyclic) bond motifs is 1. The summed E-state index contributed by atoms with van der Waals surface area (Å²) >= 11 is 0. The second-order valence-electron chi connectivity index (χ2n) is 6.45. The van der Waals surface area contributed by atoms with Gasteiger partial charge >= 0.3 is 0 Å². The monoisotopic (exact) mass is 341 g/mol. The van der Waals surface area contributed by atoms with Crippen molar-refractivity contribution in [1.82, 2.24) is 15.0 Å². The van der Waals surface area contributed by atoms with Crippen molar-refractivity contribution in [2.24, 2.45) is 0 Å². The first-order chi connectivity index (χ1) is 12.7. The van der Waals surface area contributed by atoms with E-state index in [0.717, 1.165) is 27.7 Å². The SMILES string of the molecule is Cc1cccc(C(CC(=O)c2ccccc2)n2nnc3ccccc32)c1. The Bertz CT molecular complexity index is 1050. The number of ketones is 1. The Hall–Kier alpha value is -3.27. The van der Waals surface area contributed by atoms with Crippen molar-refractivity contribution in [3.05, 3.63) is 95.6 Å². The zero-order chi connectivity index (χ0) is 17.9. The van der Waals surface area contributed by atoms with Crippen molar-refractivity contribution >= 4 is 16.8 Å². The average Bonchev–Trinajstić information content (AvgIpc) is 3.10. The van der Waals surface area contributed by atoms with Crippen LogP contribution < -0.4 is 0 Å². The Balaban J connectivity index is 1.78. The number of Topliss-reactive ketones (excluding diaryl/α,β-unsaturated/α-hetero) is 1. The van der Waals surface area contributed by atoms with Crippen LogP contribution in [0.2, 0.25) is 0 Å². The molecule has 1 atom stereocenters. The molecule has 0 aliphatic heterocycles. The summed E-state index contributed by atoms with van der Waals surface area (Å²) in [5, 5.41) is 8.63. The van der Waals surface area contributed by atoms with E-state index in [-0.39, 0.29) is 11.8 Å². The number of nitrogens with zero attached hydrogens (tertiary/aromatic N) is 3. The van der Waals surface area contributed by atoms with Crippen LogP contribution in [-0.4, -0.2) is 20.8 Å². The highest BCUT2D eigenvalue weighted by Gasteiger charge is 2.22. The largest absolute Gasteiger partial charge is 0.294 e. The highest BCUT2D eigenvalue weighted by Crippen LogP contribution is 2.27. The molecule has 4 nitrogen and oxygen atoms in total. The van der Waals surface area contributed by atoms with Crippen molar-refractivity contribution in [1.29, 1.82) is 0 Å². The summed E-state index contributed by atoms with van der Waals surface area (Å²) in [6.07, 6.45) is 0.334. The maximum Gasteiger partial charge on any atom is 0.165 e. The summed E-state index contributed by atoms with van der Waals surface area (Å²) in [6, 6.07) is 25.3. The van der Waals surface area contributed by atoms with Crippen LogP contribution in [0.25, 0.3) is 11.0 Å². The van der Waals surface area contributed by atoms with Gasteiger partial charge < -0.3 is 0 Å². The van der Waals surface area contributed by atoms with Gasteiger partial charge in [0.25, 0.3) is 0 Å². The van der Waals surface area contributed by atoms with E-state index in [1.165, 1.54) is 0 Å². The molecule has 0 radical (unpaired) electrons. The standard InChI is InChI=1S/C22H19N3O/c1-16-8-7-11-18(14-16)21(15-22(26)17-9-3-2-4-10-17)25-20-13-6-5-12-19(20)23-24-25/h2-14,21H,15H2,1H3. The first-order valence-electron chi connectivity index (χ1n) is 8.67. The van der Waals surface area contributed by atoms with E-state index in [1.807, 2.05) is 71.4 Å². The molecule has 4 aromatic rings. The third kappa shape index (κ3) is 3.14. The number of aryl methyl sites for hydroxylation is 1. The van der Waals surface area contributed by atoms with E-state index < -0.39 is 0 Å². The van der Waals surface area contributed by atoms with Crippen molar-refractivity contribution in [2.75, 3.05) is 0 Å². The molecule has 0 aliphatic carbocycles. The minimum atomic E-state index is -0.199. The van der Waals surface area contributed by atoms with E-state index in [4.69, 9.17) is 0 Å². The molecule has 0 saturated heterocycles. The van der Waals surface area contributed by atoms with E-state index >= 15 is 0 Å². The van der Waals surface area contributed by atoms with Gasteiger partial charge in [0.2, 0.25) is 0 Å². The molecule has 4 heteroatoms. The van der Waals surface area contributed by atoms with E-state index in [9.17, 15) is 4.79 Å². The second-order valence-corrected chi connectivity index (χ2v) is 6.45. The minimum absolute atomic E-state index is 0.0942. The number of para-hydroxylation sites is 1. The van der Waals surface area contributed by atoms with Crippen molar-refractivity contribution < 1.29 is 4.79 Å². The predicted molar refractivity (Wildman–Crippen MR) is 102 cm³/mol. The van der Waals surface area contributed by atoms with Gasteiger partial charge in [0.1, 0.15) is 5.52 Å². The fourth-order valence-corrected chi connectivity index (χ4v) is 3.26. The average molecular weight is 341 g/mol. The van der Waals surface area contributed by atoms with E-state index in [0.29, 0.717) is 6.42 Å². The Labute approximate surface area is 152 Å². The summed E-state index contributed by atoms with van der Waals surface area (Å²) in [7, 11) is 0. The van der Waals surface area contributed by atoms with Crippen LogP contribution in [0.15, 0.2) is 78.9 Å². The Morgan fingerprint density at radius 3 is 2.54 bits per heavy atom. The molecular weight excluding hydrogens is 322 g/mol. The first kappa shape index (κ1) is 16.2. The predicted octanol–water partition coefficient (Wildman–Crippen LogP) is 4.60. The van der Waals surface area contributed by atoms with Crippen molar-refractivity contribution in [2.45, 2.75) is 19.4 Å². The number of rotatable bonds is 5. The fourth-order valence-electron chi connectivity index (χ4n) is 3.26. The number of aromatic nitrogens is 3. The van der Waals surface area contributed by atoms with Crippen LogP contribution >= 0.6 is 0 Å². The number of carbonyl (C=O) groups excluding carboxylic acids is 1. The maximum atomic E-state index is 12.9. The smallest absolute Gasteiger partial charge is 0.165 e. The third-order valence-electron chi connectivity index (χ3n) is 4.57. The van der Waals surface area contributed by atoms with Gasteiger partial charge in [0.15, 0.2) is 5.78 Å². The zero-order valence-corrected chi connectivity index (χ0v) is 14.5. The van der Waals surface area contributed by atoms with Crippen LogP contribution in [0, 0.1) is 6.92 Å². The van der Waals surface area contributed by atoms with Crippen LogP contribution in [0.3, 0.4) is 0 Å². The van der Waals surface area contributed by atoms with Gasteiger partial charge in [-0.1, -0.05) is 77.5 Å². The Kier molecular flexibility index (Phi) is 4.32.